The lowest BCUT2D eigenvalue weighted by atomic mass is 10.0. The number of amides is 1. The Bertz CT molecular complexity index is 438. The molecule has 1 aromatic heterocycles. The zero-order valence-corrected chi connectivity index (χ0v) is 12.6. The highest BCUT2D eigenvalue weighted by atomic mass is 16.2. The van der Waals surface area contributed by atoms with Gasteiger partial charge in [0.1, 0.15) is 5.69 Å². The number of hydrogen-bond donors (Lipinski definition) is 1. The molecule has 0 aromatic carbocycles. The van der Waals surface area contributed by atoms with Gasteiger partial charge in [0.2, 0.25) is 0 Å². The predicted octanol–water partition coefficient (Wildman–Crippen LogP) is 2.86. The monoisotopic (exact) mass is 251 g/mol. The van der Waals surface area contributed by atoms with E-state index >= 15 is 0 Å². The van der Waals surface area contributed by atoms with Crippen molar-refractivity contribution in [2.24, 2.45) is 0 Å². The van der Waals surface area contributed by atoms with Gasteiger partial charge in [0.05, 0.1) is 5.54 Å². The van der Waals surface area contributed by atoms with Crippen molar-refractivity contribution >= 4 is 5.91 Å². The summed E-state index contributed by atoms with van der Waals surface area (Å²) in [4.78, 5) is 12.1. The fraction of sp³-hybridized carbons (Fsp3) is 0.714. The van der Waals surface area contributed by atoms with Gasteiger partial charge in [-0.25, -0.2) is 0 Å². The summed E-state index contributed by atoms with van der Waals surface area (Å²) in [6, 6.07) is 1.84. The van der Waals surface area contributed by atoms with Crippen LogP contribution in [0.3, 0.4) is 0 Å². The van der Waals surface area contributed by atoms with Crippen LogP contribution in [0.25, 0.3) is 0 Å². The second-order valence-corrected chi connectivity index (χ2v) is 6.45. The van der Waals surface area contributed by atoms with E-state index in [0.29, 0.717) is 5.69 Å². The average Bonchev–Trinajstić information content (AvgIpc) is 2.59. The van der Waals surface area contributed by atoms with Crippen molar-refractivity contribution in [1.82, 2.24) is 15.1 Å². The fourth-order valence-corrected chi connectivity index (χ4v) is 1.72. The van der Waals surface area contributed by atoms with E-state index in [-0.39, 0.29) is 17.0 Å². The smallest absolute Gasteiger partial charge is 0.272 e. The lowest BCUT2D eigenvalue weighted by molar-refractivity contribution is 0.0904. The minimum atomic E-state index is -0.198. The Hall–Kier alpha value is -1.32. The molecule has 1 aromatic rings. The van der Waals surface area contributed by atoms with E-state index in [9.17, 15) is 4.79 Å². The third kappa shape index (κ3) is 3.34. The molecule has 4 nitrogen and oxygen atoms in total. The van der Waals surface area contributed by atoms with Crippen LogP contribution in [0, 0.1) is 6.92 Å². The van der Waals surface area contributed by atoms with Gasteiger partial charge in [0, 0.05) is 11.2 Å². The van der Waals surface area contributed by atoms with Crippen LogP contribution in [-0.4, -0.2) is 21.2 Å². The summed E-state index contributed by atoms with van der Waals surface area (Å²) in [5.74, 6) is -0.104. The zero-order chi connectivity index (χ0) is 14.1. The van der Waals surface area contributed by atoms with Crippen molar-refractivity contribution in [3.63, 3.8) is 0 Å². The molecule has 0 aliphatic rings. The summed E-state index contributed by atoms with van der Waals surface area (Å²) in [5.41, 5.74) is 1.19. The molecule has 0 aliphatic heterocycles. The Kier molecular flexibility index (Phi) is 3.89. The first-order valence-electron chi connectivity index (χ1n) is 6.46. The van der Waals surface area contributed by atoms with Crippen molar-refractivity contribution in [2.75, 3.05) is 0 Å². The summed E-state index contributed by atoms with van der Waals surface area (Å²) in [5, 5.41) is 7.40. The first-order chi connectivity index (χ1) is 8.07. The van der Waals surface area contributed by atoms with Gasteiger partial charge >= 0.3 is 0 Å². The number of nitrogens with one attached hydrogen (secondary N) is 1. The van der Waals surface area contributed by atoms with E-state index in [1.54, 1.807) is 0 Å². The van der Waals surface area contributed by atoms with Gasteiger partial charge in [-0.1, -0.05) is 6.92 Å². The maximum atomic E-state index is 12.1. The van der Waals surface area contributed by atoms with E-state index in [2.05, 4.69) is 38.1 Å². The number of rotatable bonds is 3. The average molecular weight is 251 g/mol. The van der Waals surface area contributed by atoms with Crippen LogP contribution < -0.4 is 5.32 Å². The molecule has 18 heavy (non-hydrogen) atoms. The maximum absolute atomic E-state index is 12.1. The molecular weight excluding hydrogens is 226 g/mol. The molecule has 1 N–H and O–H groups in total. The van der Waals surface area contributed by atoms with Crippen LogP contribution in [-0.2, 0) is 5.54 Å². The molecule has 0 saturated heterocycles. The topological polar surface area (TPSA) is 46.9 Å². The lowest BCUT2D eigenvalue weighted by Gasteiger charge is -2.24. The highest BCUT2D eigenvalue weighted by molar-refractivity contribution is 5.92. The molecule has 1 heterocycles. The number of hydrogen-bond acceptors (Lipinski definition) is 2. The Morgan fingerprint density at radius 1 is 1.33 bits per heavy atom. The van der Waals surface area contributed by atoms with Crippen LogP contribution in [0.15, 0.2) is 6.07 Å². The zero-order valence-electron chi connectivity index (χ0n) is 12.6. The molecule has 0 radical (unpaired) electrons. The van der Waals surface area contributed by atoms with Crippen LogP contribution >= 0.6 is 0 Å². The third-order valence-electron chi connectivity index (χ3n) is 3.09. The third-order valence-corrected chi connectivity index (χ3v) is 3.09. The summed E-state index contributed by atoms with van der Waals surface area (Å²) in [7, 11) is 0. The first-order valence-corrected chi connectivity index (χ1v) is 6.46. The van der Waals surface area contributed by atoms with E-state index in [1.165, 1.54) is 0 Å². The molecule has 1 amide bonds. The van der Waals surface area contributed by atoms with Gasteiger partial charge in [0.25, 0.3) is 5.91 Å². The second kappa shape index (κ2) is 4.75. The van der Waals surface area contributed by atoms with Crippen molar-refractivity contribution in [3.8, 4) is 0 Å². The quantitative estimate of drug-likeness (QED) is 0.898. The number of nitrogens with zero attached hydrogens (tertiary/aromatic N) is 2. The molecule has 0 bridgehead atoms. The summed E-state index contributed by atoms with van der Waals surface area (Å²) in [6.07, 6.45) is 0.887. The fourth-order valence-electron chi connectivity index (χ4n) is 1.72. The van der Waals surface area contributed by atoms with Crippen LogP contribution in [0.1, 0.15) is 64.1 Å². The van der Waals surface area contributed by atoms with E-state index in [0.717, 1.165) is 12.1 Å². The first kappa shape index (κ1) is 14.7. The van der Waals surface area contributed by atoms with Crippen molar-refractivity contribution in [3.05, 3.63) is 17.5 Å². The number of aryl methyl sites for hydroxylation is 1. The Labute approximate surface area is 110 Å². The minimum absolute atomic E-state index is 0.104. The Balaban J connectivity index is 2.96. The molecular formula is C14H25N3O. The predicted molar refractivity (Wildman–Crippen MR) is 73.8 cm³/mol. The van der Waals surface area contributed by atoms with Crippen LogP contribution in [0.2, 0.25) is 0 Å². The SMILES string of the molecule is CCC(C)(C)NC(=O)c1cc(C)n(C(C)(C)C)n1. The highest BCUT2D eigenvalue weighted by Crippen LogP contribution is 2.17. The van der Waals surface area contributed by atoms with E-state index < -0.39 is 0 Å². The molecule has 0 aliphatic carbocycles. The molecule has 1 rings (SSSR count). The minimum Gasteiger partial charge on any atom is -0.346 e. The van der Waals surface area contributed by atoms with Gasteiger partial charge < -0.3 is 5.32 Å². The Morgan fingerprint density at radius 3 is 2.28 bits per heavy atom. The molecule has 4 heteroatoms. The van der Waals surface area contributed by atoms with E-state index in [1.807, 2.05) is 31.5 Å². The molecule has 102 valence electrons. The van der Waals surface area contributed by atoms with Crippen molar-refractivity contribution in [2.45, 2.75) is 66.0 Å². The number of carbonyl (C=O) groups is 1. The normalized spacial score (nSPS) is 12.6. The molecule has 0 fully saturated rings. The maximum Gasteiger partial charge on any atom is 0.272 e. The van der Waals surface area contributed by atoms with Gasteiger partial charge in [-0.15, -0.1) is 0 Å². The Morgan fingerprint density at radius 2 is 1.89 bits per heavy atom. The molecule has 0 saturated carbocycles. The molecule has 0 spiro atoms. The van der Waals surface area contributed by atoms with Crippen LogP contribution in [0.4, 0.5) is 0 Å². The lowest BCUT2D eigenvalue weighted by Crippen LogP contribution is -2.43. The molecule has 0 unspecified atom stereocenters. The summed E-state index contributed by atoms with van der Waals surface area (Å²) < 4.78 is 1.89. The standard InChI is InChI=1S/C14H25N3O/c1-8-14(6,7)15-12(18)11-9-10(2)17(16-11)13(3,4)5/h9H,8H2,1-7H3,(H,15,18). The van der Waals surface area contributed by atoms with Gasteiger partial charge in [-0.3, -0.25) is 9.48 Å². The number of carbonyl (C=O) groups excluding carboxylic acids is 1. The van der Waals surface area contributed by atoms with Gasteiger partial charge in [0.15, 0.2) is 0 Å². The highest BCUT2D eigenvalue weighted by Gasteiger charge is 2.23. The van der Waals surface area contributed by atoms with Crippen LogP contribution in [0.5, 0.6) is 0 Å². The van der Waals surface area contributed by atoms with Gasteiger partial charge in [-0.2, -0.15) is 5.10 Å². The summed E-state index contributed by atoms with van der Waals surface area (Å²) in [6.45, 7) is 14.3. The second-order valence-electron chi connectivity index (χ2n) is 6.45. The van der Waals surface area contributed by atoms with Crippen molar-refractivity contribution in [1.29, 1.82) is 0 Å². The summed E-state index contributed by atoms with van der Waals surface area (Å²) >= 11 is 0. The number of aromatic nitrogens is 2. The van der Waals surface area contributed by atoms with Crippen molar-refractivity contribution < 1.29 is 4.79 Å². The largest absolute Gasteiger partial charge is 0.346 e. The van der Waals surface area contributed by atoms with Gasteiger partial charge in [-0.05, 0) is 54.0 Å². The van der Waals surface area contributed by atoms with E-state index in [4.69, 9.17) is 0 Å². The molecule has 0 atom stereocenters.